The predicted octanol–water partition coefficient (Wildman–Crippen LogP) is 2.60. The number of fused-ring (bicyclic) bond motifs is 1. The zero-order valence-corrected chi connectivity index (χ0v) is 8.41. The first-order valence-corrected chi connectivity index (χ1v) is 4.59. The summed E-state index contributed by atoms with van der Waals surface area (Å²) in [5, 5.41) is 0.860. The number of methoxy groups -OCH3 is 1. The van der Waals surface area contributed by atoms with Crippen LogP contribution < -0.4 is 0 Å². The van der Waals surface area contributed by atoms with Gasteiger partial charge in [0.25, 0.3) is 0 Å². The molecule has 15 heavy (non-hydrogen) atoms. The number of carbonyl (C=O) groups excluding carboxylic acids is 1. The van der Waals surface area contributed by atoms with E-state index < -0.39 is 0 Å². The van der Waals surface area contributed by atoms with Crippen LogP contribution in [0.4, 0.5) is 0 Å². The van der Waals surface area contributed by atoms with Crippen molar-refractivity contribution < 1.29 is 9.53 Å². The highest BCUT2D eigenvalue weighted by Gasteiger charge is 2.16. The van der Waals surface area contributed by atoms with Gasteiger partial charge < -0.3 is 9.72 Å². The number of aromatic nitrogens is 1. The molecule has 0 aliphatic heterocycles. The van der Waals surface area contributed by atoms with Crippen molar-refractivity contribution in [3.05, 3.63) is 42.1 Å². The third-order valence-electron chi connectivity index (χ3n) is 2.33. The summed E-state index contributed by atoms with van der Waals surface area (Å²) in [6, 6.07) is 7.59. The number of nitrogens with one attached hydrogen (secondary N) is 1. The second-order valence-corrected chi connectivity index (χ2v) is 3.15. The van der Waals surface area contributed by atoms with E-state index in [1.165, 1.54) is 7.11 Å². The fraction of sp³-hybridized carbons (Fsp3) is 0.0833. The van der Waals surface area contributed by atoms with E-state index in [-0.39, 0.29) is 5.97 Å². The largest absolute Gasteiger partial charge is 0.465 e. The molecule has 0 fully saturated rings. The minimum absolute atomic E-state index is 0.345. The minimum atomic E-state index is -0.345. The van der Waals surface area contributed by atoms with Crippen LogP contribution in [-0.2, 0) is 4.74 Å². The van der Waals surface area contributed by atoms with Crippen molar-refractivity contribution in [1.82, 2.24) is 4.98 Å². The average molecular weight is 201 g/mol. The lowest BCUT2D eigenvalue weighted by Crippen LogP contribution is -2.01. The van der Waals surface area contributed by atoms with E-state index in [1.807, 2.05) is 24.3 Å². The Morgan fingerprint density at radius 1 is 1.47 bits per heavy atom. The Hall–Kier alpha value is -2.03. The highest BCUT2D eigenvalue weighted by molar-refractivity contribution is 6.07. The molecule has 0 spiro atoms. The minimum Gasteiger partial charge on any atom is -0.465 e. The third kappa shape index (κ3) is 1.42. The second-order valence-electron chi connectivity index (χ2n) is 3.15. The summed E-state index contributed by atoms with van der Waals surface area (Å²) in [5.41, 5.74) is 2.15. The zero-order chi connectivity index (χ0) is 10.8. The summed E-state index contributed by atoms with van der Waals surface area (Å²) in [5.74, 6) is -0.345. The number of benzene rings is 1. The van der Waals surface area contributed by atoms with Crippen LogP contribution in [0.5, 0.6) is 0 Å². The second kappa shape index (κ2) is 3.61. The lowest BCUT2D eigenvalue weighted by molar-refractivity contribution is 0.0603. The Labute approximate surface area is 87.4 Å². The van der Waals surface area contributed by atoms with Crippen LogP contribution in [0, 0.1) is 0 Å². The predicted molar refractivity (Wildman–Crippen MR) is 59.7 cm³/mol. The molecule has 1 N–H and O–H groups in total. The fourth-order valence-corrected chi connectivity index (χ4v) is 1.64. The topological polar surface area (TPSA) is 42.1 Å². The highest BCUT2D eigenvalue weighted by Crippen LogP contribution is 2.23. The summed E-state index contributed by atoms with van der Waals surface area (Å²) in [7, 11) is 1.37. The standard InChI is InChI=1S/C12H11NO2/c1-3-9-11(12(14)15-2)8-6-4-5-7-10(8)13-9/h3-7,13H,1H2,2H3. The van der Waals surface area contributed by atoms with E-state index >= 15 is 0 Å². The van der Waals surface area contributed by atoms with Gasteiger partial charge in [0.15, 0.2) is 0 Å². The number of rotatable bonds is 2. The van der Waals surface area contributed by atoms with Gasteiger partial charge in [0.05, 0.1) is 18.4 Å². The van der Waals surface area contributed by atoms with E-state index in [0.717, 1.165) is 10.9 Å². The van der Waals surface area contributed by atoms with Gasteiger partial charge in [-0.2, -0.15) is 0 Å². The molecule has 0 unspecified atom stereocenters. The molecule has 76 valence electrons. The van der Waals surface area contributed by atoms with Crippen molar-refractivity contribution >= 4 is 22.9 Å². The maximum Gasteiger partial charge on any atom is 0.340 e. The van der Waals surface area contributed by atoms with Gasteiger partial charge in [-0.1, -0.05) is 24.8 Å². The number of carbonyl (C=O) groups is 1. The maximum atomic E-state index is 11.6. The normalized spacial score (nSPS) is 10.2. The molecule has 1 heterocycles. The molecule has 3 heteroatoms. The van der Waals surface area contributed by atoms with Gasteiger partial charge in [-0.25, -0.2) is 4.79 Å². The van der Waals surface area contributed by atoms with Crippen LogP contribution in [0.25, 0.3) is 17.0 Å². The van der Waals surface area contributed by atoms with Gasteiger partial charge in [0.2, 0.25) is 0 Å². The lowest BCUT2D eigenvalue weighted by atomic mass is 10.1. The maximum absolute atomic E-state index is 11.6. The summed E-state index contributed by atoms with van der Waals surface area (Å²) in [6.45, 7) is 3.66. The highest BCUT2D eigenvalue weighted by atomic mass is 16.5. The molecule has 3 nitrogen and oxygen atoms in total. The molecule has 0 amide bonds. The van der Waals surface area contributed by atoms with Crippen molar-refractivity contribution in [2.45, 2.75) is 0 Å². The van der Waals surface area contributed by atoms with E-state index in [1.54, 1.807) is 6.08 Å². The molecule has 0 aliphatic carbocycles. The first-order chi connectivity index (χ1) is 7.27. The SMILES string of the molecule is C=Cc1[nH]c2ccccc2c1C(=O)OC. The van der Waals surface area contributed by atoms with Crippen LogP contribution in [0.1, 0.15) is 16.1 Å². The van der Waals surface area contributed by atoms with E-state index in [0.29, 0.717) is 11.3 Å². The summed E-state index contributed by atoms with van der Waals surface area (Å²) in [6.07, 6.45) is 1.62. The molecular weight excluding hydrogens is 190 g/mol. The summed E-state index contributed by atoms with van der Waals surface area (Å²) >= 11 is 0. The Morgan fingerprint density at radius 2 is 2.20 bits per heavy atom. The van der Waals surface area contributed by atoms with Crippen molar-refractivity contribution in [3.8, 4) is 0 Å². The van der Waals surface area contributed by atoms with Crippen molar-refractivity contribution in [3.63, 3.8) is 0 Å². The molecular formula is C12H11NO2. The molecule has 0 aliphatic rings. The Bertz CT molecular complexity index is 525. The Kier molecular flexibility index (Phi) is 2.29. The smallest absolute Gasteiger partial charge is 0.340 e. The van der Waals surface area contributed by atoms with Gasteiger partial charge in [-0.05, 0) is 12.1 Å². The Morgan fingerprint density at radius 3 is 2.87 bits per heavy atom. The number of ether oxygens (including phenoxy) is 1. The number of hydrogen-bond donors (Lipinski definition) is 1. The monoisotopic (exact) mass is 201 g/mol. The number of esters is 1. The molecule has 0 radical (unpaired) electrons. The van der Waals surface area contributed by atoms with E-state index in [2.05, 4.69) is 11.6 Å². The lowest BCUT2D eigenvalue weighted by Gasteiger charge is -1.98. The van der Waals surface area contributed by atoms with Crippen molar-refractivity contribution in [1.29, 1.82) is 0 Å². The third-order valence-corrected chi connectivity index (χ3v) is 2.33. The van der Waals surface area contributed by atoms with Crippen LogP contribution in [0.3, 0.4) is 0 Å². The molecule has 1 aromatic carbocycles. The number of aromatic amines is 1. The number of hydrogen-bond acceptors (Lipinski definition) is 2. The Balaban J connectivity index is 2.78. The zero-order valence-electron chi connectivity index (χ0n) is 8.41. The quantitative estimate of drug-likeness (QED) is 0.759. The van der Waals surface area contributed by atoms with Crippen LogP contribution in [-0.4, -0.2) is 18.1 Å². The summed E-state index contributed by atoms with van der Waals surface area (Å²) in [4.78, 5) is 14.7. The van der Waals surface area contributed by atoms with Crippen LogP contribution in [0.2, 0.25) is 0 Å². The first kappa shape index (κ1) is 9.52. The molecule has 0 atom stereocenters. The molecule has 2 rings (SSSR count). The molecule has 0 saturated carbocycles. The fourth-order valence-electron chi connectivity index (χ4n) is 1.64. The van der Waals surface area contributed by atoms with Crippen molar-refractivity contribution in [2.24, 2.45) is 0 Å². The molecule has 0 bridgehead atoms. The van der Waals surface area contributed by atoms with Crippen LogP contribution in [0.15, 0.2) is 30.8 Å². The summed E-state index contributed by atoms with van der Waals surface area (Å²) < 4.78 is 4.74. The molecule has 1 aromatic heterocycles. The van der Waals surface area contributed by atoms with Crippen molar-refractivity contribution in [2.75, 3.05) is 7.11 Å². The van der Waals surface area contributed by atoms with Crippen LogP contribution >= 0.6 is 0 Å². The van der Waals surface area contributed by atoms with E-state index in [9.17, 15) is 4.79 Å². The number of H-pyrrole nitrogens is 1. The first-order valence-electron chi connectivity index (χ1n) is 4.59. The van der Waals surface area contributed by atoms with Gasteiger partial charge in [0.1, 0.15) is 0 Å². The van der Waals surface area contributed by atoms with Gasteiger partial charge in [-0.15, -0.1) is 0 Å². The average Bonchev–Trinajstić information content (AvgIpc) is 2.66. The number of para-hydroxylation sites is 1. The van der Waals surface area contributed by atoms with Gasteiger partial charge in [0, 0.05) is 10.9 Å². The van der Waals surface area contributed by atoms with E-state index in [4.69, 9.17) is 4.74 Å². The molecule has 2 aromatic rings. The van der Waals surface area contributed by atoms with Gasteiger partial charge >= 0.3 is 5.97 Å². The molecule has 0 saturated heterocycles. The van der Waals surface area contributed by atoms with Gasteiger partial charge in [-0.3, -0.25) is 0 Å².